The molecule has 4 aromatic carbocycles. The molecule has 0 saturated carbocycles. The Morgan fingerprint density at radius 2 is 1.11 bits per heavy atom. The second kappa shape index (κ2) is 13.6. The second-order valence-corrected chi connectivity index (χ2v) is 9.57. The number of nitrogens with zero attached hydrogens (tertiary/aromatic N) is 2. The summed E-state index contributed by atoms with van der Waals surface area (Å²) in [5.74, 6) is -0.0468. The Bertz CT molecular complexity index is 1880. The van der Waals surface area contributed by atoms with Crippen molar-refractivity contribution in [2.45, 2.75) is 13.8 Å². The van der Waals surface area contributed by atoms with Crippen LogP contribution in [0.15, 0.2) is 99.8 Å². The predicted octanol–water partition coefficient (Wildman–Crippen LogP) is 9.02. The summed E-state index contributed by atoms with van der Waals surface area (Å²) in [7, 11) is 0. The Morgan fingerprint density at radius 3 is 1.59 bits per heavy atom. The Kier molecular flexibility index (Phi) is 9.44. The third-order valence-electron chi connectivity index (χ3n) is 6.15. The largest absolute Gasteiger partial charge is 0.440 e. The zero-order valence-electron chi connectivity index (χ0n) is 23.2. The van der Waals surface area contributed by atoms with Gasteiger partial charge in [0.15, 0.2) is 29.1 Å². The van der Waals surface area contributed by atoms with Gasteiger partial charge >= 0.3 is 0 Å². The van der Waals surface area contributed by atoms with Gasteiger partial charge in [-0.2, -0.15) is 0 Å². The molecule has 0 saturated heterocycles. The van der Waals surface area contributed by atoms with Crippen LogP contribution < -0.4 is 10.0 Å². The van der Waals surface area contributed by atoms with Crippen LogP contribution in [0.1, 0.15) is 11.8 Å². The average molecular weight is 622 g/mol. The van der Waals surface area contributed by atoms with Crippen LogP contribution in [0.5, 0.6) is 5.75 Å². The smallest absolute Gasteiger partial charge is 0.202 e. The van der Waals surface area contributed by atoms with Gasteiger partial charge in [-0.3, -0.25) is 5.14 Å². The van der Waals surface area contributed by atoms with Crippen molar-refractivity contribution in [3.8, 4) is 50.9 Å². The van der Waals surface area contributed by atoms with E-state index >= 15 is 0 Å². The van der Waals surface area contributed by atoms with Crippen molar-refractivity contribution in [3.63, 3.8) is 0 Å². The summed E-state index contributed by atoms with van der Waals surface area (Å²) in [6.45, 7) is 3.40. The first-order chi connectivity index (χ1) is 21.2. The molecule has 7 nitrogen and oxygen atoms in total. The third-order valence-corrected chi connectivity index (χ3v) is 6.29. The minimum atomic E-state index is -0.652. The monoisotopic (exact) mass is 621 g/mol. The van der Waals surface area contributed by atoms with Gasteiger partial charge in [0.25, 0.3) is 0 Å². The van der Waals surface area contributed by atoms with E-state index in [1.165, 1.54) is 48.5 Å². The third kappa shape index (κ3) is 7.17. The summed E-state index contributed by atoms with van der Waals surface area (Å²) >= 11 is 0.462. The van der Waals surface area contributed by atoms with Crippen molar-refractivity contribution in [1.82, 2.24) is 9.97 Å². The van der Waals surface area contributed by atoms with E-state index in [-0.39, 0.29) is 23.2 Å². The summed E-state index contributed by atoms with van der Waals surface area (Å²) < 4.78 is 69.1. The Morgan fingerprint density at radius 1 is 0.614 bits per heavy atom. The van der Waals surface area contributed by atoms with E-state index in [0.29, 0.717) is 63.6 Å². The number of halogens is 4. The van der Waals surface area contributed by atoms with Crippen LogP contribution in [0.25, 0.3) is 45.2 Å². The van der Waals surface area contributed by atoms with E-state index in [9.17, 15) is 17.6 Å². The number of aromatic nitrogens is 2. The van der Waals surface area contributed by atoms with Gasteiger partial charge in [-0.05, 0) is 78.9 Å². The summed E-state index contributed by atoms with van der Waals surface area (Å²) in [6, 6.07) is 22.1. The number of oxazole rings is 2. The fourth-order valence-electron chi connectivity index (χ4n) is 4.25. The maximum absolute atomic E-state index is 14.1. The van der Waals surface area contributed by atoms with Gasteiger partial charge in [-0.25, -0.2) is 27.5 Å². The Labute approximate surface area is 253 Å². The standard InChI is InChI=1S/C16H12F2N2O3S.C16H11F2NO/c1-9-20-15(10-2-5-12(17)6-3-10)16(21-9)11-4-7-14(13(18)8-11)22-23-24-19;1-10-19-15(11-5-7-13(17)8-6-11)16(20-10)12-3-2-4-14(18)9-12/h2-8H,19H2,1H3;2-9H,1H3. The highest BCUT2D eigenvalue weighted by Crippen LogP contribution is 2.35. The molecule has 44 heavy (non-hydrogen) atoms. The maximum atomic E-state index is 14.1. The molecule has 2 aromatic heterocycles. The van der Waals surface area contributed by atoms with E-state index < -0.39 is 5.82 Å². The molecule has 0 aliphatic heterocycles. The van der Waals surface area contributed by atoms with E-state index in [1.807, 2.05) is 0 Å². The molecule has 2 heterocycles. The van der Waals surface area contributed by atoms with Crippen molar-refractivity contribution < 1.29 is 35.6 Å². The Hall–Kier alpha value is -4.91. The first kappa shape index (κ1) is 30.5. The molecule has 0 amide bonds. The van der Waals surface area contributed by atoms with Crippen LogP contribution in [0.3, 0.4) is 0 Å². The van der Waals surface area contributed by atoms with E-state index in [0.717, 1.165) is 5.56 Å². The minimum absolute atomic E-state index is 0.115. The molecule has 6 aromatic rings. The van der Waals surface area contributed by atoms with Crippen molar-refractivity contribution in [3.05, 3.63) is 126 Å². The molecular weight excluding hydrogens is 598 g/mol. The summed E-state index contributed by atoms with van der Waals surface area (Å²) in [5.41, 5.74) is 3.52. The highest BCUT2D eigenvalue weighted by atomic mass is 32.2. The van der Waals surface area contributed by atoms with Crippen molar-refractivity contribution >= 4 is 12.2 Å². The highest BCUT2D eigenvalue weighted by molar-refractivity contribution is 7.92. The summed E-state index contributed by atoms with van der Waals surface area (Å²) in [4.78, 5) is 13.3. The molecule has 224 valence electrons. The van der Waals surface area contributed by atoms with Crippen molar-refractivity contribution in [1.29, 1.82) is 0 Å². The van der Waals surface area contributed by atoms with Gasteiger partial charge in [-0.1, -0.05) is 16.5 Å². The van der Waals surface area contributed by atoms with Crippen LogP contribution in [0.2, 0.25) is 0 Å². The summed E-state index contributed by atoms with van der Waals surface area (Å²) in [6.07, 6.45) is 0. The lowest BCUT2D eigenvalue weighted by atomic mass is 10.1. The van der Waals surface area contributed by atoms with Gasteiger partial charge in [0.1, 0.15) is 41.1 Å². The molecule has 0 aliphatic rings. The van der Waals surface area contributed by atoms with Crippen LogP contribution in [-0.2, 0) is 4.33 Å². The molecule has 0 radical (unpaired) electrons. The van der Waals surface area contributed by atoms with E-state index in [1.54, 1.807) is 56.3 Å². The lowest BCUT2D eigenvalue weighted by Crippen LogP contribution is -1.95. The Balaban J connectivity index is 0.000000177. The fourth-order valence-corrected chi connectivity index (χ4v) is 4.36. The van der Waals surface area contributed by atoms with Crippen LogP contribution in [-0.4, -0.2) is 9.97 Å². The number of hydrogen-bond acceptors (Lipinski definition) is 8. The van der Waals surface area contributed by atoms with E-state index in [2.05, 4.69) is 19.2 Å². The molecule has 0 bridgehead atoms. The quantitative estimate of drug-likeness (QED) is 0.0620. The highest BCUT2D eigenvalue weighted by Gasteiger charge is 2.18. The molecular formula is C32H23F4N3O4S. The normalized spacial score (nSPS) is 10.8. The second-order valence-electron chi connectivity index (χ2n) is 9.24. The van der Waals surface area contributed by atoms with Crippen molar-refractivity contribution in [2.75, 3.05) is 0 Å². The number of hydrogen-bond donors (Lipinski definition) is 1. The molecule has 0 unspecified atom stereocenters. The SMILES string of the molecule is Cc1nc(-c2ccc(F)cc2)c(-c2ccc(OOSN)c(F)c2)o1.Cc1nc(-c2ccc(F)cc2)c(-c2cccc(F)c2)o1. The lowest BCUT2D eigenvalue weighted by Gasteiger charge is -2.05. The van der Waals surface area contributed by atoms with Crippen molar-refractivity contribution in [2.24, 2.45) is 5.14 Å². The lowest BCUT2D eigenvalue weighted by molar-refractivity contribution is -0.0810. The van der Waals surface area contributed by atoms with Gasteiger partial charge in [0.2, 0.25) is 5.75 Å². The zero-order valence-corrected chi connectivity index (χ0v) is 24.0. The fraction of sp³-hybridized carbons (Fsp3) is 0.0625. The zero-order chi connectivity index (χ0) is 31.2. The predicted molar refractivity (Wildman–Crippen MR) is 158 cm³/mol. The molecule has 6 rings (SSSR count). The summed E-state index contributed by atoms with van der Waals surface area (Å²) in [5, 5.41) is 5.04. The van der Waals surface area contributed by atoms with E-state index in [4.69, 9.17) is 14.0 Å². The molecule has 0 aliphatic carbocycles. The van der Waals surface area contributed by atoms with Crippen LogP contribution in [0, 0.1) is 37.1 Å². The van der Waals surface area contributed by atoms with Gasteiger partial charge in [0.05, 0.1) is 0 Å². The van der Waals surface area contributed by atoms with Gasteiger partial charge in [-0.15, -0.1) is 0 Å². The molecule has 0 fully saturated rings. The molecule has 2 N–H and O–H groups in total. The minimum Gasteiger partial charge on any atom is -0.440 e. The number of benzene rings is 4. The number of aryl methyl sites for hydroxylation is 2. The topological polar surface area (TPSA) is 96.5 Å². The van der Waals surface area contributed by atoms with Gasteiger partial charge in [0, 0.05) is 36.1 Å². The molecule has 12 heteroatoms. The van der Waals surface area contributed by atoms with Crippen LogP contribution in [0.4, 0.5) is 17.6 Å². The molecule has 0 atom stereocenters. The number of nitrogens with two attached hydrogens (primary N) is 1. The first-order valence-corrected chi connectivity index (χ1v) is 13.7. The van der Waals surface area contributed by atoms with Gasteiger partial charge < -0.3 is 13.7 Å². The van der Waals surface area contributed by atoms with Crippen LogP contribution >= 0.6 is 12.2 Å². The molecule has 0 spiro atoms. The average Bonchev–Trinajstić information content (AvgIpc) is 3.60. The number of rotatable bonds is 7. The maximum Gasteiger partial charge on any atom is 0.202 e. The first-order valence-electron chi connectivity index (χ1n) is 12.9.